The summed E-state index contributed by atoms with van der Waals surface area (Å²) in [6.07, 6.45) is 8.03. The molecule has 1 heterocycles. The fourth-order valence-corrected chi connectivity index (χ4v) is 3.89. The SMILES string of the molecule is [NH3+]C(=O)CN(CC=Cc1c(F)cc(-c2cccnc2OC2CCCC2)cc1F)S(=O)[O-]. The molecule has 1 aliphatic carbocycles. The predicted molar refractivity (Wildman–Crippen MR) is 110 cm³/mol. The van der Waals surface area contributed by atoms with Crippen LogP contribution in [-0.2, 0) is 16.1 Å². The lowest BCUT2D eigenvalue weighted by Crippen LogP contribution is -2.61. The van der Waals surface area contributed by atoms with Crippen molar-refractivity contribution in [2.24, 2.45) is 0 Å². The summed E-state index contributed by atoms with van der Waals surface area (Å²) in [5.74, 6) is -1.88. The normalized spacial score (nSPS) is 15.6. The zero-order valence-electron chi connectivity index (χ0n) is 16.8. The van der Waals surface area contributed by atoms with Crippen molar-refractivity contribution in [2.45, 2.75) is 31.8 Å². The first-order chi connectivity index (χ1) is 14.8. The number of pyridine rings is 1. The molecular weight excluding hydrogens is 428 g/mol. The van der Waals surface area contributed by atoms with Crippen molar-refractivity contribution >= 4 is 23.2 Å². The van der Waals surface area contributed by atoms with E-state index in [2.05, 4.69) is 10.7 Å². The maximum Gasteiger partial charge on any atom is 0.323 e. The third-order valence-corrected chi connectivity index (χ3v) is 5.60. The Morgan fingerprint density at radius 1 is 1.32 bits per heavy atom. The first-order valence-electron chi connectivity index (χ1n) is 9.82. The third-order valence-electron chi connectivity index (χ3n) is 4.90. The molecule has 10 heteroatoms. The van der Waals surface area contributed by atoms with Gasteiger partial charge in [-0.05, 0) is 55.5 Å². The standard InChI is InChI=1S/C21H23F2N3O4S/c22-18-11-14(16-7-3-9-25-21(16)30-15-5-1-2-6-15)12-19(23)17(18)8-4-10-26(31(28)29)13-20(24)27/h3-4,7-9,11-12,15H,1-2,5-6,10,13H2,(H2,24,27)(H,28,29). The number of halogens is 2. The Morgan fingerprint density at radius 2 is 2.00 bits per heavy atom. The summed E-state index contributed by atoms with van der Waals surface area (Å²) in [6.45, 7) is -0.644. The highest BCUT2D eigenvalue weighted by molar-refractivity contribution is 7.76. The lowest BCUT2D eigenvalue weighted by Gasteiger charge is -2.19. The highest BCUT2D eigenvalue weighted by Gasteiger charge is 2.20. The van der Waals surface area contributed by atoms with Crippen LogP contribution in [0.3, 0.4) is 0 Å². The first kappa shape index (κ1) is 23.1. The lowest BCUT2D eigenvalue weighted by atomic mass is 10.0. The number of carbonyl (C=O) groups is 1. The van der Waals surface area contributed by atoms with E-state index in [1.807, 2.05) is 0 Å². The number of nitrogens with zero attached hydrogens (tertiary/aromatic N) is 2. The van der Waals surface area contributed by atoms with Crippen molar-refractivity contribution in [3.05, 3.63) is 53.7 Å². The smallest absolute Gasteiger partial charge is 0.323 e. The average Bonchev–Trinajstić information content (AvgIpc) is 3.22. The molecule has 0 saturated heterocycles. The fraction of sp³-hybridized carbons (Fsp3) is 0.333. The van der Waals surface area contributed by atoms with E-state index in [0.29, 0.717) is 11.4 Å². The molecular formula is C21H23F2N3O4S. The molecule has 166 valence electrons. The number of benzene rings is 1. The van der Waals surface area contributed by atoms with E-state index >= 15 is 0 Å². The van der Waals surface area contributed by atoms with E-state index in [1.165, 1.54) is 18.2 Å². The molecule has 3 rings (SSSR count). The van der Waals surface area contributed by atoms with Crippen molar-refractivity contribution in [3.63, 3.8) is 0 Å². The quantitative estimate of drug-likeness (QED) is 0.588. The maximum atomic E-state index is 14.7. The van der Waals surface area contributed by atoms with Crippen molar-refractivity contribution in [1.82, 2.24) is 9.29 Å². The van der Waals surface area contributed by atoms with Crippen LogP contribution in [0.2, 0.25) is 0 Å². The third kappa shape index (κ3) is 6.23. The largest absolute Gasteiger partial charge is 0.760 e. The Balaban J connectivity index is 1.81. The van der Waals surface area contributed by atoms with E-state index in [0.717, 1.165) is 36.1 Å². The molecule has 1 aliphatic rings. The van der Waals surface area contributed by atoms with Gasteiger partial charge in [-0.1, -0.05) is 12.2 Å². The van der Waals surface area contributed by atoms with Crippen LogP contribution in [0.5, 0.6) is 5.88 Å². The zero-order chi connectivity index (χ0) is 22.4. The van der Waals surface area contributed by atoms with Crippen LogP contribution in [0.4, 0.5) is 8.78 Å². The fourth-order valence-electron chi connectivity index (χ4n) is 3.43. The summed E-state index contributed by atoms with van der Waals surface area (Å²) in [5.41, 5.74) is 3.58. The molecule has 1 unspecified atom stereocenters. The zero-order valence-corrected chi connectivity index (χ0v) is 17.6. The van der Waals surface area contributed by atoms with Gasteiger partial charge in [0, 0.05) is 35.1 Å². The predicted octanol–water partition coefficient (Wildman–Crippen LogP) is 2.23. The van der Waals surface area contributed by atoms with Gasteiger partial charge in [0.15, 0.2) is 0 Å². The van der Waals surface area contributed by atoms with Gasteiger partial charge in [-0.15, -0.1) is 0 Å². The van der Waals surface area contributed by atoms with Crippen LogP contribution in [0.1, 0.15) is 31.2 Å². The molecule has 0 spiro atoms. The Hall–Kier alpha value is -2.53. The lowest BCUT2D eigenvalue weighted by molar-refractivity contribution is -0.305. The minimum absolute atomic E-state index is 0.0465. The van der Waals surface area contributed by atoms with Gasteiger partial charge >= 0.3 is 5.91 Å². The summed E-state index contributed by atoms with van der Waals surface area (Å²) < 4.78 is 58.3. The Labute approximate surface area is 181 Å². The van der Waals surface area contributed by atoms with Crippen LogP contribution < -0.4 is 10.5 Å². The topological polar surface area (TPSA) is 110 Å². The molecule has 1 fully saturated rings. The number of hydrogen-bond acceptors (Lipinski definition) is 5. The average molecular weight is 451 g/mol. The van der Waals surface area contributed by atoms with Gasteiger partial charge in [-0.2, -0.15) is 0 Å². The molecule has 1 atom stereocenters. The minimum atomic E-state index is -2.66. The molecule has 1 saturated carbocycles. The highest BCUT2D eigenvalue weighted by Crippen LogP contribution is 2.33. The van der Waals surface area contributed by atoms with Gasteiger partial charge in [0.25, 0.3) is 0 Å². The van der Waals surface area contributed by atoms with Crippen molar-refractivity contribution in [3.8, 4) is 17.0 Å². The maximum absolute atomic E-state index is 14.7. The molecule has 0 bridgehead atoms. The minimum Gasteiger partial charge on any atom is -0.760 e. The number of ether oxygens (including phenoxy) is 1. The molecule has 7 nitrogen and oxygen atoms in total. The number of carbonyl (C=O) groups excluding carboxylic acids is 1. The van der Waals surface area contributed by atoms with Crippen LogP contribution in [0.15, 0.2) is 36.5 Å². The van der Waals surface area contributed by atoms with Gasteiger partial charge in [0.2, 0.25) is 5.88 Å². The molecule has 0 radical (unpaired) electrons. The Morgan fingerprint density at radius 3 is 2.61 bits per heavy atom. The van der Waals surface area contributed by atoms with E-state index in [9.17, 15) is 22.3 Å². The van der Waals surface area contributed by atoms with Crippen LogP contribution in [0.25, 0.3) is 17.2 Å². The monoisotopic (exact) mass is 451 g/mol. The second-order valence-corrected chi connectivity index (χ2v) is 8.17. The van der Waals surface area contributed by atoms with E-state index in [4.69, 9.17) is 4.74 Å². The number of hydrogen-bond donors (Lipinski definition) is 1. The second kappa shape index (κ2) is 10.7. The number of amides is 1. The molecule has 1 aromatic carbocycles. The van der Waals surface area contributed by atoms with E-state index in [1.54, 1.807) is 18.3 Å². The van der Waals surface area contributed by atoms with Crippen molar-refractivity contribution in [2.75, 3.05) is 13.1 Å². The molecule has 1 amide bonds. The van der Waals surface area contributed by atoms with Gasteiger partial charge in [0.05, 0.1) is 0 Å². The Bertz CT molecular complexity index is 973. The van der Waals surface area contributed by atoms with Crippen molar-refractivity contribution < 1.29 is 32.8 Å². The number of rotatable bonds is 9. The molecule has 2 aromatic rings. The van der Waals surface area contributed by atoms with Gasteiger partial charge in [-0.25, -0.2) is 22.9 Å². The number of aromatic nitrogens is 1. The summed E-state index contributed by atoms with van der Waals surface area (Å²) in [5, 5.41) is 0. The summed E-state index contributed by atoms with van der Waals surface area (Å²) >= 11 is -2.66. The van der Waals surface area contributed by atoms with Gasteiger partial charge in [0.1, 0.15) is 24.3 Å². The second-order valence-electron chi connectivity index (χ2n) is 7.21. The van der Waals surface area contributed by atoms with Crippen molar-refractivity contribution in [1.29, 1.82) is 0 Å². The molecule has 3 N–H and O–H groups in total. The summed E-state index contributed by atoms with van der Waals surface area (Å²) in [7, 11) is 0. The summed E-state index contributed by atoms with van der Waals surface area (Å²) in [6, 6.07) is 5.73. The first-order valence-corrected chi connectivity index (χ1v) is 10.8. The number of quaternary nitrogens is 1. The van der Waals surface area contributed by atoms with E-state index < -0.39 is 35.4 Å². The van der Waals surface area contributed by atoms with Crippen LogP contribution in [-0.4, -0.2) is 43.2 Å². The van der Waals surface area contributed by atoms with Crippen LogP contribution >= 0.6 is 0 Å². The van der Waals surface area contributed by atoms with Gasteiger partial charge < -0.3 is 9.29 Å². The highest BCUT2D eigenvalue weighted by atomic mass is 32.2. The Kier molecular flexibility index (Phi) is 7.97. The van der Waals surface area contributed by atoms with Crippen LogP contribution in [0, 0.1) is 11.6 Å². The van der Waals surface area contributed by atoms with E-state index in [-0.39, 0.29) is 23.8 Å². The van der Waals surface area contributed by atoms with Gasteiger partial charge in [-0.3, -0.25) is 9.94 Å². The molecule has 31 heavy (non-hydrogen) atoms. The molecule has 1 aromatic heterocycles. The molecule has 0 aliphatic heterocycles. The summed E-state index contributed by atoms with van der Waals surface area (Å²) in [4.78, 5) is 15.3.